The maximum atomic E-state index is 5.08. The van der Waals surface area contributed by atoms with Gasteiger partial charge in [0.15, 0.2) is 6.10 Å². The molecule has 67 valence electrons. The zero-order valence-electron chi connectivity index (χ0n) is 7.18. The summed E-state index contributed by atoms with van der Waals surface area (Å²) in [5.41, 5.74) is 4.42. The topological polar surface area (TPSA) is 44.9 Å². The summed E-state index contributed by atoms with van der Waals surface area (Å²) in [6, 6.07) is 7.63. The molecule has 1 heterocycles. The predicted octanol–water partition coefficient (Wildman–Crippen LogP) is 1.27. The molecule has 0 saturated carbocycles. The lowest BCUT2D eigenvalue weighted by molar-refractivity contribution is 0.0274. The van der Waals surface area contributed by atoms with Crippen molar-refractivity contribution in [3.05, 3.63) is 29.8 Å². The number of nitrogens with zero attached hydrogens (tertiary/aromatic N) is 2. The fraction of sp³-hybridized carbons (Fsp3) is 0.222. The molecule has 0 fully saturated rings. The molecule has 0 saturated heterocycles. The van der Waals surface area contributed by atoms with Gasteiger partial charge in [-0.15, -0.1) is 5.10 Å². The molecule has 0 N–H and O–H groups in total. The molecule has 13 heavy (non-hydrogen) atoms. The number of hydrogen-bond donors (Lipinski definition) is 0. The minimum atomic E-state index is -0.171. The van der Waals surface area contributed by atoms with E-state index in [4.69, 9.17) is 9.57 Å². The smallest absolute Gasteiger partial charge is 0.152 e. The van der Waals surface area contributed by atoms with Crippen molar-refractivity contribution in [2.24, 2.45) is 5.10 Å². The van der Waals surface area contributed by atoms with Crippen LogP contribution in [0.15, 0.2) is 29.4 Å². The van der Waals surface area contributed by atoms with Gasteiger partial charge in [0.2, 0.25) is 0 Å². The van der Waals surface area contributed by atoms with Crippen LogP contribution < -0.4 is 10.3 Å². The van der Waals surface area contributed by atoms with Gasteiger partial charge in [-0.3, -0.25) is 0 Å². The molecule has 1 aromatic carbocycles. The quantitative estimate of drug-likeness (QED) is 0.682. The highest BCUT2D eigenvalue weighted by atomic mass is 16.7. The molecule has 1 aromatic rings. The third kappa shape index (κ3) is 1.62. The van der Waals surface area contributed by atoms with E-state index in [1.165, 1.54) is 0 Å². The van der Waals surface area contributed by atoms with Gasteiger partial charge in [0, 0.05) is 0 Å². The normalized spacial score (nSPS) is 19.9. The van der Waals surface area contributed by atoms with Crippen molar-refractivity contribution in [3.63, 3.8) is 0 Å². The molecule has 1 aliphatic rings. The van der Waals surface area contributed by atoms with E-state index in [0.717, 1.165) is 11.3 Å². The minimum Gasteiger partial charge on any atom is -0.497 e. The van der Waals surface area contributed by atoms with Crippen LogP contribution in [0.25, 0.3) is 0 Å². The van der Waals surface area contributed by atoms with Crippen LogP contribution in [0.2, 0.25) is 0 Å². The van der Waals surface area contributed by atoms with Gasteiger partial charge >= 0.3 is 0 Å². The van der Waals surface area contributed by atoms with Gasteiger partial charge in [-0.2, -0.15) is 0 Å². The van der Waals surface area contributed by atoms with Crippen molar-refractivity contribution in [3.8, 4) is 5.75 Å². The Bertz CT molecular complexity index is 325. The van der Waals surface area contributed by atoms with Crippen LogP contribution in [0.1, 0.15) is 11.7 Å². The third-order valence-corrected chi connectivity index (χ3v) is 1.83. The predicted molar refractivity (Wildman–Crippen MR) is 47.4 cm³/mol. The van der Waals surface area contributed by atoms with Crippen LogP contribution in [-0.2, 0) is 4.84 Å². The van der Waals surface area contributed by atoms with E-state index >= 15 is 0 Å². The van der Waals surface area contributed by atoms with Crippen LogP contribution in [0.4, 0.5) is 0 Å². The number of rotatable bonds is 2. The van der Waals surface area contributed by atoms with Gasteiger partial charge in [0.1, 0.15) is 5.75 Å². The molecule has 0 aliphatic carbocycles. The van der Waals surface area contributed by atoms with Gasteiger partial charge in [0.25, 0.3) is 0 Å². The SMILES string of the molecule is COc1cccc(C2C=N[N]O2)c1. The van der Waals surface area contributed by atoms with E-state index in [1.807, 2.05) is 24.3 Å². The summed E-state index contributed by atoms with van der Waals surface area (Å²) in [5, 5.41) is 3.63. The molecule has 1 radical (unpaired) electrons. The Kier molecular flexibility index (Phi) is 2.14. The van der Waals surface area contributed by atoms with Crippen LogP contribution >= 0.6 is 0 Å². The molecule has 1 unspecified atom stereocenters. The third-order valence-electron chi connectivity index (χ3n) is 1.83. The minimum absolute atomic E-state index is 0.171. The van der Waals surface area contributed by atoms with Crippen LogP contribution in [-0.4, -0.2) is 13.3 Å². The fourth-order valence-corrected chi connectivity index (χ4v) is 1.16. The highest BCUT2D eigenvalue weighted by molar-refractivity contribution is 5.66. The molecule has 0 bridgehead atoms. The van der Waals surface area contributed by atoms with Crippen LogP contribution in [0, 0.1) is 0 Å². The van der Waals surface area contributed by atoms with Crippen molar-refractivity contribution >= 4 is 6.21 Å². The molecule has 4 heteroatoms. The number of hydrogen-bond acceptors (Lipinski definition) is 3. The Balaban J connectivity index is 2.24. The molecule has 1 atom stereocenters. The highest BCUT2D eigenvalue weighted by Crippen LogP contribution is 2.21. The standard InChI is InChI=1S/C9H9N2O2/c1-12-8-4-2-3-7(5-8)9-6-10-11-13-9/h2-6,9H,1H3. The zero-order valence-corrected chi connectivity index (χ0v) is 7.18. The number of benzene rings is 1. The van der Waals surface area contributed by atoms with Crippen molar-refractivity contribution in [2.75, 3.05) is 7.11 Å². The summed E-state index contributed by atoms with van der Waals surface area (Å²) in [6.07, 6.45) is 1.48. The molecule has 4 nitrogen and oxygen atoms in total. The van der Waals surface area contributed by atoms with Crippen molar-refractivity contribution in [1.82, 2.24) is 5.59 Å². The van der Waals surface area contributed by atoms with Gasteiger partial charge in [-0.25, -0.2) is 4.84 Å². The summed E-state index contributed by atoms with van der Waals surface area (Å²) < 4.78 is 5.08. The van der Waals surface area contributed by atoms with Crippen molar-refractivity contribution in [2.45, 2.75) is 6.10 Å². The first kappa shape index (κ1) is 8.07. The molecule has 0 spiro atoms. The van der Waals surface area contributed by atoms with Gasteiger partial charge in [-0.05, 0) is 23.3 Å². The van der Waals surface area contributed by atoms with E-state index in [1.54, 1.807) is 13.3 Å². The Labute approximate surface area is 76.1 Å². The first-order valence-electron chi connectivity index (χ1n) is 3.93. The summed E-state index contributed by atoms with van der Waals surface area (Å²) in [7, 11) is 1.63. The first-order valence-corrected chi connectivity index (χ1v) is 3.93. The Morgan fingerprint density at radius 2 is 2.38 bits per heavy atom. The number of methoxy groups -OCH3 is 1. The Morgan fingerprint density at radius 3 is 3.08 bits per heavy atom. The van der Waals surface area contributed by atoms with E-state index in [2.05, 4.69) is 10.7 Å². The lowest BCUT2D eigenvalue weighted by Crippen LogP contribution is -2.01. The van der Waals surface area contributed by atoms with Crippen molar-refractivity contribution in [1.29, 1.82) is 0 Å². The summed E-state index contributed by atoms with van der Waals surface area (Å²) >= 11 is 0. The molecule has 0 aromatic heterocycles. The lowest BCUT2D eigenvalue weighted by Gasteiger charge is -2.06. The second kappa shape index (κ2) is 3.45. The number of ether oxygens (including phenoxy) is 1. The molecular formula is C9H9N2O2. The largest absolute Gasteiger partial charge is 0.497 e. The highest BCUT2D eigenvalue weighted by Gasteiger charge is 2.15. The summed E-state index contributed by atoms with van der Waals surface area (Å²) in [5.74, 6) is 0.807. The van der Waals surface area contributed by atoms with Crippen molar-refractivity contribution < 1.29 is 9.57 Å². The molecular weight excluding hydrogens is 168 g/mol. The van der Waals surface area contributed by atoms with Crippen LogP contribution in [0.3, 0.4) is 0 Å². The fourth-order valence-electron chi connectivity index (χ4n) is 1.16. The van der Waals surface area contributed by atoms with E-state index < -0.39 is 0 Å². The Hall–Kier alpha value is -1.55. The van der Waals surface area contributed by atoms with Crippen LogP contribution in [0.5, 0.6) is 5.75 Å². The van der Waals surface area contributed by atoms with Gasteiger partial charge < -0.3 is 4.74 Å². The molecule has 0 amide bonds. The van der Waals surface area contributed by atoms with E-state index in [0.29, 0.717) is 0 Å². The maximum Gasteiger partial charge on any atom is 0.152 e. The second-order valence-electron chi connectivity index (χ2n) is 2.65. The average molecular weight is 177 g/mol. The Morgan fingerprint density at radius 1 is 1.46 bits per heavy atom. The summed E-state index contributed by atoms with van der Waals surface area (Å²) in [6.45, 7) is 0. The molecule has 2 rings (SSSR count). The monoisotopic (exact) mass is 177 g/mol. The van der Waals surface area contributed by atoms with E-state index in [-0.39, 0.29) is 6.10 Å². The lowest BCUT2D eigenvalue weighted by atomic mass is 10.1. The zero-order chi connectivity index (χ0) is 9.10. The van der Waals surface area contributed by atoms with E-state index in [9.17, 15) is 0 Å². The van der Waals surface area contributed by atoms with Gasteiger partial charge in [0.05, 0.1) is 13.3 Å². The first-order chi connectivity index (χ1) is 6.40. The second-order valence-corrected chi connectivity index (χ2v) is 2.65. The van der Waals surface area contributed by atoms with Gasteiger partial charge in [-0.1, -0.05) is 12.1 Å². The summed E-state index contributed by atoms with van der Waals surface area (Å²) in [4.78, 5) is 4.99. The molecule has 1 aliphatic heterocycles. The average Bonchev–Trinajstić information content (AvgIpc) is 2.71. The maximum absolute atomic E-state index is 5.08.